The topological polar surface area (TPSA) is 114 Å². The van der Waals surface area contributed by atoms with E-state index in [0.717, 1.165) is 122 Å². The molecule has 1 N–H and O–H groups in total. The fraction of sp³-hybridized carbons (Fsp3) is 0.784. The number of phosphoric acid groups is 1. The highest BCUT2D eigenvalue weighted by Gasteiger charge is 2.27. The molecule has 0 aliphatic heterocycles. The third-order valence-corrected chi connectivity index (χ3v) is 16.6. The quantitative estimate of drug-likeness (QED) is 0.0212. The van der Waals surface area contributed by atoms with Crippen LogP contribution in [-0.4, -0.2) is 69.4 Å². The smallest absolute Gasteiger partial charge is 0.306 e. The van der Waals surface area contributed by atoms with Gasteiger partial charge >= 0.3 is 5.97 Å². The summed E-state index contributed by atoms with van der Waals surface area (Å²) in [5.41, 5.74) is 0. The Morgan fingerprint density at radius 3 is 1.14 bits per heavy atom. The Hall–Kier alpha value is -2.81. The van der Waals surface area contributed by atoms with E-state index in [0.29, 0.717) is 17.4 Å². The first-order valence-corrected chi connectivity index (χ1v) is 36.9. The molecule has 0 aromatic heterocycles. The Bertz CT molecular complexity index is 1710. The van der Waals surface area contributed by atoms with Crippen LogP contribution in [0.15, 0.2) is 85.1 Å². The van der Waals surface area contributed by atoms with Crippen LogP contribution in [0.1, 0.15) is 323 Å². The van der Waals surface area contributed by atoms with Crippen molar-refractivity contribution in [3.63, 3.8) is 0 Å². The minimum absolute atomic E-state index is 0.0273. The number of carbonyl (C=O) groups excluding carboxylic acids is 2. The first-order valence-electron chi connectivity index (χ1n) is 35.4. The summed E-state index contributed by atoms with van der Waals surface area (Å²) < 4.78 is 30.4. The largest absolute Gasteiger partial charge is 0.756 e. The fourth-order valence-electron chi connectivity index (χ4n) is 10.2. The number of quaternary nitrogens is 1. The van der Waals surface area contributed by atoms with Crippen molar-refractivity contribution in [1.29, 1.82) is 0 Å². The Labute approximate surface area is 520 Å². The number of nitrogens with zero attached hydrogens (tertiary/aromatic N) is 1. The molecular weight excluding hydrogens is 1060 g/mol. The molecule has 0 bridgehead atoms. The van der Waals surface area contributed by atoms with Gasteiger partial charge in [-0.2, -0.15) is 0 Å². The van der Waals surface area contributed by atoms with Crippen molar-refractivity contribution in [3.05, 3.63) is 85.1 Å². The molecular formula is C74H135N2O7P. The van der Waals surface area contributed by atoms with E-state index in [-0.39, 0.29) is 24.9 Å². The van der Waals surface area contributed by atoms with Crippen LogP contribution in [-0.2, 0) is 27.9 Å². The van der Waals surface area contributed by atoms with Crippen LogP contribution in [0.2, 0.25) is 0 Å². The van der Waals surface area contributed by atoms with E-state index in [2.05, 4.69) is 99.0 Å². The van der Waals surface area contributed by atoms with Gasteiger partial charge in [0.05, 0.1) is 33.8 Å². The first-order chi connectivity index (χ1) is 40.9. The van der Waals surface area contributed by atoms with E-state index in [1.807, 2.05) is 33.3 Å². The molecule has 488 valence electrons. The molecule has 0 saturated heterocycles. The third kappa shape index (κ3) is 63.7. The monoisotopic (exact) mass is 1200 g/mol. The molecule has 0 fully saturated rings. The van der Waals surface area contributed by atoms with Crippen LogP contribution < -0.4 is 10.2 Å². The molecule has 10 heteroatoms. The normalized spacial score (nSPS) is 14.0. The number of ether oxygens (including phenoxy) is 1. The van der Waals surface area contributed by atoms with Gasteiger partial charge in [-0.25, -0.2) is 0 Å². The van der Waals surface area contributed by atoms with Crippen LogP contribution in [0, 0.1) is 0 Å². The van der Waals surface area contributed by atoms with E-state index >= 15 is 0 Å². The average Bonchev–Trinajstić information content (AvgIpc) is 3.64. The maximum absolute atomic E-state index is 13.6. The molecule has 0 aromatic carbocycles. The molecule has 0 aliphatic rings. The van der Waals surface area contributed by atoms with E-state index < -0.39 is 26.6 Å². The molecule has 0 heterocycles. The second-order valence-electron chi connectivity index (χ2n) is 25.0. The number of unbranched alkanes of at least 4 members (excludes halogenated alkanes) is 36. The number of amides is 1. The zero-order valence-corrected chi connectivity index (χ0v) is 56.7. The predicted molar refractivity (Wildman–Crippen MR) is 362 cm³/mol. The number of hydrogen-bond acceptors (Lipinski definition) is 7. The maximum Gasteiger partial charge on any atom is 0.306 e. The van der Waals surface area contributed by atoms with Crippen molar-refractivity contribution in [2.45, 2.75) is 335 Å². The molecule has 9 nitrogen and oxygen atoms in total. The number of phosphoric ester groups is 1. The van der Waals surface area contributed by atoms with Crippen molar-refractivity contribution >= 4 is 19.7 Å². The van der Waals surface area contributed by atoms with Crippen molar-refractivity contribution in [3.8, 4) is 0 Å². The SMILES string of the molecule is CC/C=C\C/C=C\C/C=C\C/C=C\C/C=C\C/C=C\CCCCCCCCC(=O)NC(COP(=O)([O-])OCC[N+](C)(C)C)C(/C=C/CCCCCCCCCCCC)OC(=O)CCCCCCCCCCCCCCCCCCCCCCC. The summed E-state index contributed by atoms with van der Waals surface area (Å²) in [4.78, 5) is 40.2. The van der Waals surface area contributed by atoms with E-state index in [9.17, 15) is 19.0 Å². The highest BCUT2D eigenvalue weighted by atomic mass is 31.2. The van der Waals surface area contributed by atoms with Gasteiger partial charge in [0.2, 0.25) is 5.91 Å². The van der Waals surface area contributed by atoms with E-state index in [1.165, 1.54) is 167 Å². The zero-order chi connectivity index (χ0) is 61.4. The predicted octanol–water partition coefficient (Wildman–Crippen LogP) is 21.9. The molecule has 0 rings (SSSR count). The summed E-state index contributed by atoms with van der Waals surface area (Å²) in [5, 5.41) is 3.04. The number of carbonyl (C=O) groups is 2. The lowest BCUT2D eigenvalue weighted by Gasteiger charge is -2.30. The number of esters is 1. The summed E-state index contributed by atoms with van der Waals surface area (Å²) in [7, 11) is 1.18. The summed E-state index contributed by atoms with van der Waals surface area (Å²) in [6.45, 7) is 6.75. The highest BCUT2D eigenvalue weighted by molar-refractivity contribution is 7.45. The molecule has 0 spiro atoms. The van der Waals surface area contributed by atoms with Crippen molar-refractivity contribution < 1.29 is 37.3 Å². The fourth-order valence-corrected chi connectivity index (χ4v) is 10.9. The highest BCUT2D eigenvalue weighted by Crippen LogP contribution is 2.38. The number of rotatable bonds is 64. The van der Waals surface area contributed by atoms with Gasteiger partial charge in [-0.05, 0) is 83.1 Å². The van der Waals surface area contributed by atoms with Gasteiger partial charge in [-0.15, -0.1) is 0 Å². The molecule has 0 saturated carbocycles. The van der Waals surface area contributed by atoms with Crippen molar-refractivity contribution in [1.82, 2.24) is 5.32 Å². The number of likely N-dealkylation sites (N-methyl/N-ethyl adjacent to an activating group) is 1. The van der Waals surface area contributed by atoms with Crippen molar-refractivity contribution in [2.24, 2.45) is 0 Å². The Kier molecular flexibility index (Phi) is 61.1. The van der Waals surface area contributed by atoms with Gasteiger partial charge in [0.15, 0.2) is 0 Å². The second-order valence-corrected chi connectivity index (χ2v) is 26.4. The molecule has 3 atom stereocenters. The summed E-state index contributed by atoms with van der Waals surface area (Å²) >= 11 is 0. The number of nitrogens with one attached hydrogen (secondary N) is 1. The average molecular weight is 1200 g/mol. The lowest BCUT2D eigenvalue weighted by molar-refractivity contribution is -0.870. The lowest BCUT2D eigenvalue weighted by Crippen LogP contribution is -2.47. The molecule has 0 aliphatic carbocycles. The first kappa shape index (κ1) is 81.2. The molecule has 0 radical (unpaired) electrons. The van der Waals surface area contributed by atoms with Gasteiger partial charge < -0.3 is 28.5 Å². The van der Waals surface area contributed by atoms with E-state index in [1.54, 1.807) is 0 Å². The van der Waals surface area contributed by atoms with Gasteiger partial charge in [-0.3, -0.25) is 14.2 Å². The van der Waals surface area contributed by atoms with Crippen LogP contribution in [0.5, 0.6) is 0 Å². The van der Waals surface area contributed by atoms with Gasteiger partial charge in [0, 0.05) is 12.8 Å². The second kappa shape index (κ2) is 63.2. The Morgan fingerprint density at radius 2 is 0.762 bits per heavy atom. The molecule has 84 heavy (non-hydrogen) atoms. The molecule has 0 aromatic rings. The van der Waals surface area contributed by atoms with E-state index in [4.69, 9.17) is 13.8 Å². The minimum atomic E-state index is -4.71. The number of hydrogen-bond donors (Lipinski definition) is 1. The van der Waals surface area contributed by atoms with Crippen LogP contribution in [0.4, 0.5) is 0 Å². The summed E-state index contributed by atoms with van der Waals surface area (Å²) in [6, 6.07) is -0.900. The van der Waals surface area contributed by atoms with Crippen LogP contribution >= 0.6 is 7.82 Å². The summed E-state index contributed by atoms with van der Waals surface area (Å²) in [6.07, 6.45) is 84.2. The van der Waals surface area contributed by atoms with Gasteiger partial charge in [0.1, 0.15) is 19.3 Å². The maximum atomic E-state index is 13.6. The molecule has 3 unspecified atom stereocenters. The van der Waals surface area contributed by atoms with Gasteiger partial charge in [-0.1, -0.05) is 312 Å². The number of allylic oxidation sites excluding steroid dienone is 13. The lowest BCUT2D eigenvalue weighted by atomic mass is 10.0. The Morgan fingerprint density at radius 1 is 0.429 bits per heavy atom. The zero-order valence-electron chi connectivity index (χ0n) is 55.8. The molecule has 1 amide bonds. The standard InChI is InChI=1S/C74H135N2O7P/c1-7-10-13-16-19-22-25-28-30-32-34-36-37-38-39-41-42-44-46-48-51-54-57-60-63-66-73(77)75-71(70-82-84(79,80)81-69-68-76(4,5)6)72(65-62-59-56-53-50-27-24-21-18-15-12-9-3)83-74(78)67-64-61-58-55-52-49-47-45-43-40-35-33-31-29-26-23-20-17-14-11-8-2/h10,13,19,22,28,30,34,36,38-39,42,44,62,65,71-72H,7-9,11-12,14-18,20-21,23-27,29,31-33,35,37,40-41,43,45-61,63-64,66-70H2,1-6H3,(H-,75,77,79,80)/b13-10-,22-19-,30-28-,36-34-,39-38-,44-42-,65-62+. The van der Waals surface area contributed by atoms with Crippen LogP contribution in [0.3, 0.4) is 0 Å². The third-order valence-electron chi connectivity index (χ3n) is 15.6. The van der Waals surface area contributed by atoms with Crippen LogP contribution in [0.25, 0.3) is 0 Å². The summed E-state index contributed by atoms with van der Waals surface area (Å²) in [5.74, 6) is -0.549. The van der Waals surface area contributed by atoms with Gasteiger partial charge in [0.25, 0.3) is 7.82 Å². The van der Waals surface area contributed by atoms with Crippen molar-refractivity contribution in [2.75, 3.05) is 40.9 Å². The minimum Gasteiger partial charge on any atom is -0.756 e. The Balaban J connectivity index is 5.11.